The first kappa shape index (κ1) is 15.9. The van der Waals surface area contributed by atoms with Gasteiger partial charge >= 0.3 is 0 Å². The molecule has 2 aromatic rings. The van der Waals surface area contributed by atoms with Crippen LogP contribution in [0.25, 0.3) is 0 Å². The van der Waals surface area contributed by atoms with Crippen molar-refractivity contribution in [1.82, 2.24) is 9.78 Å². The largest absolute Gasteiger partial charge is 0.384 e. The standard InChI is InChI=1S/C16H22ClN3O/c1-4-20-15(16(17)12(2)19-20)11-18-14-8-6-5-7-13(14)9-10-21-3/h5-8,18H,4,9-11H2,1-3H3. The molecule has 2 rings (SSSR count). The zero-order valence-electron chi connectivity index (χ0n) is 12.8. The zero-order chi connectivity index (χ0) is 15.2. The Morgan fingerprint density at radius 3 is 2.81 bits per heavy atom. The van der Waals surface area contributed by atoms with E-state index in [2.05, 4.69) is 29.5 Å². The monoisotopic (exact) mass is 307 g/mol. The van der Waals surface area contributed by atoms with E-state index in [0.717, 1.165) is 35.1 Å². The molecule has 4 nitrogen and oxygen atoms in total. The fraction of sp³-hybridized carbons (Fsp3) is 0.438. The van der Waals surface area contributed by atoms with E-state index in [1.807, 2.05) is 23.7 Å². The van der Waals surface area contributed by atoms with Gasteiger partial charge in [-0.15, -0.1) is 0 Å². The Morgan fingerprint density at radius 1 is 1.33 bits per heavy atom. The molecular formula is C16H22ClN3O. The number of rotatable bonds is 7. The van der Waals surface area contributed by atoms with Crippen LogP contribution in [0.4, 0.5) is 5.69 Å². The first-order valence-corrected chi connectivity index (χ1v) is 7.57. The minimum absolute atomic E-state index is 0.664. The molecule has 0 aliphatic heterocycles. The summed E-state index contributed by atoms with van der Waals surface area (Å²) < 4.78 is 7.11. The molecule has 1 aromatic carbocycles. The summed E-state index contributed by atoms with van der Waals surface area (Å²) in [6, 6.07) is 8.27. The molecule has 1 N–H and O–H groups in total. The maximum Gasteiger partial charge on any atom is 0.0865 e. The average Bonchev–Trinajstić information content (AvgIpc) is 2.78. The highest BCUT2D eigenvalue weighted by Gasteiger charge is 2.12. The lowest BCUT2D eigenvalue weighted by Gasteiger charge is -2.13. The van der Waals surface area contributed by atoms with Crippen LogP contribution in [0.3, 0.4) is 0 Å². The van der Waals surface area contributed by atoms with Crippen molar-refractivity contribution in [2.24, 2.45) is 0 Å². The van der Waals surface area contributed by atoms with E-state index < -0.39 is 0 Å². The summed E-state index contributed by atoms with van der Waals surface area (Å²) >= 11 is 6.34. The number of ether oxygens (including phenoxy) is 1. The third-order valence-electron chi connectivity index (χ3n) is 3.49. The molecule has 0 saturated heterocycles. The van der Waals surface area contributed by atoms with Crippen molar-refractivity contribution >= 4 is 17.3 Å². The summed E-state index contributed by atoms with van der Waals surface area (Å²) in [5, 5.41) is 8.65. The molecule has 0 aliphatic carbocycles. The van der Waals surface area contributed by atoms with E-state index in [-0.39, 0.29) is 0 Å². The lowest BCUT2D eigenvalue weighted by Crippen LogP contribution is -2.10. The summed E-state index contributed by atoms with van der Waals surface area (Å²) in [4.78, 5) is 0. The number of benzene rings is 1. The summed E-state index contributed by atoms with van der Waals surface area (Å²) in [6.07, 6.45) is 0.888. The highest BCUT2D eigenvalue weighted by atomic mass is 35.5. The van der Waals surface area contributed by atoms with Gasteiger partial charge < -0.3 is 10.1 Å². The number of hydrogen-bond donors (Lipinski definition) is 1. The van der Waals surface area contributed by atoms with Crippen LogP contribution in [0.1, 0.15) is 23.9 Å². The Hall–Kier alpha value is -1.52. The molecule has 1 aromatic heterocycles. The maximum atomic E-state index is 6.34. The number of nitrogens with zero attached hydrogens (tertiary/aromatic N) is 2. The third-order valence-corrected chi connectivity index (χ3v) is 3.98. The summed E-state index contributed by atoms with van der Waals surface area (Å²) in [6.45, 7) is 6.20. The first-order chi connectivity index (χ1) is 10.2. The van der Waals surface area contributed by atoms with Crippen LogP contribution >= 0.6 is 11.6 Å². The van der Waals surface area contributed by atoms with Gasteiger partial charge in [0.15, 0.2) is 0 Å². The molecule has 0 spiro atoms. The normalized spacial score (nSPS) is 10.9. The number of para-hydroxylation sites is 1. The van der Waals surface area contributed by atoms with Gasteiger partial charge in [0, 0.05) is 19.3 Å². The number of halogens is 1. The second-order valence-corrected chi connectivity index (χ2v) is 5.29. The average molecular weight is 308 g/mol. The Bertz CT molecular complexity index is 595. The highest BCUT2D eigenvalue weighted by Crippen LogP contribution is 2.23. The van der Waals surface area contributed by atoms with Crippen LogP contribution < -0.4 is 5.32 Å². The molecule has 0 saturated carbocycles. The van der Waals surface area contributed by atoms with E-state index in [0.29, 0.717) is 13.2 Å². The summed E-state index contributed by atoms with van der Waals surface area (Å²) in [7, 11) is 1.72. The lowest BCUT2D eigenvalue weighted by atomic mass is 10.1. The Balaban J connectivity index is 2.13. The van der Waals surface area contributed by atoms with Crippen LogP contribution in [0, 0.1) is 6.92 Å². The molecule has 21 heavy (non-hydrogen) atoms. The van der Waals surface area contributed by atoms with Crippen molar-refractivity contribution in [1.29, 1.82) is 0 Å². The van der Waals surface area contributed by atoms with E-state index in [9.17, 15) is 0 Å². The molecule has 0 bridgehead atoms. The molecule has 5 heteroatoms. The van der Waals surface area contributed by atoms with E-state index in [1.54, 1.807) is 7.11 Å². The van der Waals surface area contributed by atoms with Crippen molar-refractivity contribution in [3.8, 4) is 0 Å². The molecule has 0 atom stereocenters. The van der Waals surface area contributed by atoms with Crippen molar-refractivity contribution in [2.45, 2.75) is 33.4 Å². The highest BCUT2D eigenvalue weighted by molar-refractivity contribution is 6.31. The van der Waals surface area contributed by atoms with Gasteiger partial charge in [0.2, 0.25) is 0 Å². The Kier molecular flexibility index (Phi) is 5.65. The SMILES string of the molecule is CCn1nc(C)c(Cl)c1CNc1ccccc1CCOC. The molecule has 1 heterocycles. The van der Waals surface area contributed by atoms with Gasteiger partial charge in [-0.3, -0.25) is 4.68 Å². The van der Waals surface area contributed by atoms with Crippen molar-refractivity contribution in [3.05, 3.63) is 46.2 Å². The molecule has 0 radical (unpaired) electrons. The predicted octanol–water partition coefficient (Wildman–Crippen LogP) is 3.67. The van der Waals surface area contributed by atoms with E-state index >= 15 is 0 Å². The number of methoxy groups -OCH3 is 1. The Morgan fingerprint density at radius 2 is 2.10 bits per heavy atom. The number of aryl methyl sites for hydroxylation is 2. The molecular weight excluding hydrogens is 286 g/mol. The maximum absolute atomic E-state index is 6.34. The minimum atomic E-state index is 0.664. The Labute approximate surface area is 131 Å². The van der Waals surface area contributed by atoms with Crippen LogP contribution in [0.5, 0.6) is 0 Å². The predicted molar refractivity (Wildman–Crippen MR) is 87.0 cm³/mol. The minimum Gasteiger partial charge on any atom is -0.384 e. The van der Waals surface area contributed by atoms with Gasteiger partial charge in [-0.25, -0.2) is 0 Å². The van der Waals surface area contributed by atoms with E-state index in [1.165, 1.54) is 5.56 Å². The first-order valence-electron chi connectivity index (χ1n) is 7.19. The summed E-state index contributed by atoms with van der Waals surface area (Å²) in [5.41, 5.74) is 4.27. The molecule has 0 unspecified atom stereocenters. The van der Waals surface area contributed by atoms with Crippen LogP contribution in [-0.2, 0) is 24.2 Å². The van der Waals surface area contributed by atoms with Gasteiger partial charge in [-0.2, -0.15) is 5.10 Å². The lowest BCUT2D eigenvalue weighted by molar-refractivity contribution is 0.202. The van der Waals surface area contributed by atoms with Crippen LogP contribution in [-0.4, -0.2) is 23.5 Å². The summed E-state index contributed by atoms with van der Waals surface area (Å²) in [5.74, 6) is 0. The third kappa shape index (κ3) is 3.77. The molecule has 0 amide bonds. The molecule has 114 valence electrons. The van der Waals surface area contributed by atoms with Gasteiger partial charge in [-0.05, 0) is 31.9 Å². The second-order valence-electron chi connectivity index (χ2n) is 4.92. The van der Waals surface area contributed by atoms with Crippen molar-refractivity contribution in [2.75, 3.05) is 19.0 Å². The number of anilines is 1. The fourth-order valence-electron chi connectivity index (χ4n) is 2.34. The van der Waals surface area contributed by atoms with Gasteiger partial charge in [0.25, 0.3) is 0 Å². The number of aromatic nitrogens is 2. The second kappa shape index (κ2) is 7.48. The molecule has 0 fully saturated rings. The smallest absolute Gasteiger partial charge is 0.0865 e. The molecule has 0 aliphatic rings. The fourth-order valence-corrected chi connectivity index (χ4v) is 2.54. The van der Waals surface area contributed by atoms with Gasteiger partial charge in [0.05, 0.1) is 29.6 Å². The number of hydrogen-bond acceptors (Lipinski definition) is 3. The van der Waals surface area contributed by atoms with Crippen molar-refractivity contribution in [3.63, 3.8) is 0 Å². The van der Waals surface area contributed by atoms with Gasteiger partial charge in [0.1, 0.15) is 0 Å². The quantitative estimate of drug-likeness (QED) is 0.848. The van der Waals surface area contributed by atoms with Crippen molar-refractivity contribution < 1.29 is 4.74 Å². The van der Waals surface area contributed by atoms with E-state index in [4.69, 9.17) is 16.3 Å². The topological polar surface area (TPSA) is 39.1 Å². The van der Waals surface area contributed by atoms with Gasteiger partial charge in [-0.1, -0.05) is 29.8 Å². The van der Waals surface area contributed by atoms with Crippen LogP contribution in [0.15, 0.2) is 24.3 Å². The zero-order valence-corrected chi connectivity index (χ0v) is 13.6. The number of nitrogens with one attached hydrogen (secondary N) is 1. The van der Waals surface area contributed by atoms with Crippen LogP contribution in [0.2, 0.25) is 5.02 Å².